The predicted molar refractivity (Wildman–Crippen MR) is 94.0 cm³/mol. The highest BCUT2D eigenvalue weighted by atomic mass is 16.6. The lowest BCUT2D eigenvalue weighted by atomic mass is 10.1. The minimum absolute atomic E-state index is 0.188. The number of aryl methyl sites for hydroxylation is 2. The summed E-state index contributed by atoms with van der Waals surface area (Å²) in [5.74, 6) is 0.0731. The number of carbonyl (C=O) groups is 2. The van der Waals surface area contributed by atoms with E-state index in [0.29, 0.717) is 17.1 Å². The summed E-state index contributed by atoms with van der Waals surface area (Å²) in [6.45, 7) is 7.24. The summed E-state index contributed by atoms with van der Waals surface area (Å²) in [4.78, 5) is 23.7. The third-order valence-corrected chi connectivity index (χ3v) is 3.35. The Balaban J connectivity index is 1.90. The topological polar surface area (TPSA) is 61.8 Å². The van der Waals surface area contributed by atoms with Crippen LogP contribution in [0.1, 0.15) is 35.3 Å². The molecule has 132 valence electrons. The van der Waals surface area contributed by atoms with Crippen molar-refractivity contribution in [3.8, 4) is 11.5 Å². The number of esters is 2. The van der Waals surface area contributed by atoms with Crippen molar-refractivity contribution in [2.45, 2.75) is 33.8 Å². The molecule has 0 bridgehead atoms. The van der Waals surface area contributed by atoms with E-state index < -0.39 is 11.9 Å². The van der Waals surface area contributed by atoms with Crippen molar-refractivity contribution in [2.24, 2.45) is 0 Å². The van der Waals surface area contributed by atoms with Gasteiger partial charge in [-0.2, -0.15) is 0 Å². The standard InChI is InChI=1S/C20H22O5/c1-13(2)24-20(22)16-7-9-17(10-8-16)25-19(21)12-23-18-11-14(3)5-6-15(18)4/h5-11,13H,12H2,1-4H3. The van der Waals surface area contributed by atoms with Crippen molar-refractivity contribution in [2.75, 3.05) is 6.61 Å². The van der Waals surface area contributed by atoms with E-state index in [-0.39, 0.29) is 12.7 Å². The van der Waals surface area contributed by atoms with Gasteiger partial charge >= 0.3 is 11.9 Å². The number of rotatable bonds is 6. The first-order valence-electron chi connectivity index (χ1n) is 8.07. The third-order valence-electron chi connectivity index (χ3n) is 3.35. The van der Waals surface area contributed by atoms with Crippen molar-refractivity contribution < 1.29 is 23.8 Å². The van der Waals surface area contributed by atoms with Gasteiger partial charge in [-0.05, 0) is 69.2 Å². The average molecular weight is 342 g/mol. The van der Waals surface area contributed by atoms with Gasteiger partial charge in [-0.25, -0.2) is 9.59 Å². The summed E-state index contributed by atoms with van der Waals surface area (Å²) in [7, 11) is 0. The van der Waals surface area contributed by atoms with Gasteiger partial charge in [-0.15, -0.1) is 0 Å². The molecule has 2 aromatic carbocycles. The zero-order valence-corrected chi connectivity index (χ0v) is 14.9. The van der Waals surface area contributed by atoms with Crippen molar-refractivity contribution in [1.82, 2.24) is 0 Å². The van der Waals surface area contributed by atoms with Crippen LogP contribution in [0.15, 0.2) is 42.5 Å². The van der Waals surface area contributed by atoms with Crippen LogP contribution in [0.25, 0.3) is 0 Å². The highest BCUT2D eigenvalue weighted by Gasteiger charge is 2.11. The molecule has 0 aliphatic rings. The lowest BCUT2D eigenvalue weighted by molar-refractivity contribution is -0.136. The van der Waals surface area contributed by atoms with Crippen molar-refractivity contribution >= 4 is 11.9 Å². The summed E-state index contributed by atoms with van der Waals surface area (Å²) in [6.07, 6.45) is -0.188. The first kappa shape index (κ1) is 18.5. The molecule has 5 nitrogen and oxygen atoms in total. The van der Waals surface area contributed by atoms with E-state index in [4.69, 9.17) is 14.2 Å². The number of hydrogen-bond acceptors (Lipinski definition) is 5. The highest BCUT2D eigenvalue weighted by Crippen LogP contribution is 2.19. The molecule has 0 saturated heterocycles. The fourth-order valence-electron chi connectivity index (χ4n) is 2.10. The van der Waals surface area contributed by atoms with E-state index >= 15 is 0 Å². The van der Waals surface area contributed by atoms with Gasteiger partial charge in [0.05, 0.1) is 11.7 Å². The zero-order valence-electron chi connectivity index (χ0n) is 14.9. The molecule has 0 amide bonds. The lowest BCUT2D eigenvalue weighted by Gasteiger charge is -2.10. The van der Waals surface area contributed by atoms with E-state index in [0.717, 1.165) is 11.1 Å². The Morgan fingerprint density at radius 3 is 2.32 bits per heavy atom. The SMILES string of the molecule is Cc1ccc(C)c(OCC(=O)Oc2ccc(C(=O)OC(C)C)cc2)c1. The molecule has 0 N–H and O–H groups in total. The number of ether oxygens (including phenoxy) is 3. The maximum atomic E-state index is 11.9. The molecule has 0 saturated carbocycles. The summed E-state index contributed by atoms with van der Waals surface area (Å²) in [5, 5.41) is 0. The van der Waals surface area contributed by atoms with Gasteiger partial charge in [-0.1, -0.05) is 12.1 Å². The molecule has 0 spiro atoms. The normalized spacial score (nSPS) is 10.4. The van der Waals surface area contributed by atoms with Crippen LogP contribution in [0.3, 0.4) is 0 Å². The van der Waals surface area contributed by atoms with Crippen molar-refractivity contribution in [3.63, 3.8) is 0 Å². The fraction of sp³-hybridized carbons (Fsp3) is 0.300. The van der Waals surface area contributed by atoms with E-state index in [2.05, 4.69) is 0 Å². The summed E-state index contributed by atoms with van der Waals surface area (Å²) < 4.78 is 15.8. The molecule has 0 unspecified atom stereocenters. The predicted octanol–water partition coefficient (Wildman–Crippen LogP) is 3.85. The van der Waals surface area contributed by atoms with Crippen LogP contribution < -0.4 is 9.47 Å². The quantitative estimate of drug-likeness (QED) is 0.589. The first-order chi connectivity index (χ1) is 11.8. The third kappa shape index (κ3) is 5.64. The van der Waals surface area contributed by atoms with Crippen LogP contribution in [0, 0.1) is 13.8 Å². The second kappa shape index (κ2) is 8.33. The molecular formula is C20H22O5. The lowest BCUT2D eigenvalue weighted by Crippen LogP contribution is -2.18. The number of benzene rings is 2. The van der Waals surface area contributed by atoms with Gasteiger partial charge in [0.2, 0.25) is 0 Å². The first-order valence-corrected chi connectivity index (χ1v) is 8.07. The Bertz CT molecular complexity index is 747. The van der Waals surface area contributed by atoms with Crippen molar-refractivity contribution in [3.05, 3.63) is 59.2 Å². The van der Waals surface area contributed by atoms with Crippen LogP contribution in [0.5, 0.6) is 11.5 Å². The molecule has 0 aromatic heterocycles. The smallest absolute Gasteiger partial charge is 0.349 e. The van der Waals surface area contributed by atoms with Crippen LogP contribution in [0.2, 0.25) is 0 Å². The summed E-state index contributed by atoms with van der Waals surface area (Å²) in [6, 6.07) is 12.0. The maximum Gasteiger partial charge on any atom is 0.349 e. The van der Waals surface area contributed by atoms with Gasteiger partial charge in [0.15, 0.2) is 6.61 Å². The van der Waals surface area contributed by atoms with Gasteiger partial charge < -0.3 is 14.2 Å². The molecule has 0 heterocycles. The van der Waals surface area contributed by atoms with Gasteiger partial charge in [-0.3, -0.25) is 0 Å². The molecular weight excluding hydrogens is 320 g/mol. The zero-order chi connectivity index (χ0) is 18.4. The second-order valence-corrected chi connectivity index (χ2v) is 6.01. The maximum absolute atomic E-state index is 11.9. The average Bonchev–Trinajstić information content (AvgIpc) is 2.55. The number of hydrogen-bond donors (Lipinski definition) is 0. The molecule has 0 radical (unpaired) electrons. The van der Waals surface area contributed by atoms with Crippen LogP contribution in [-0.2, 0) is 9.53 Å². The molecule has 0 atom stereocenters. The molecule has 25 heavy (non-hydrogen) atoms. The molecule has 0 aliphatic heterocycles. The monoisotopic (exact) mass is 342 g/mol. The Morgan fingerprint density at radius 2 is 1.68 bits per heavy atom. The minimum atomic E-state index is -0.515. The number of carbonyl (C=O) groups excluding carboxylic acids is 2. The fourth-order valence-corrected chi connectivity index (χ4v) is 2.10. The Morgan fingerprint density at radius 1 is 1.00 bits per heavy atom. The van der Waals surface area contributed by atoms with Crippen LogP contribution >= 0.6 is 0 Å². The van der Waals surface area contributed by atoms with Crippen molar-refractivity contribution in [1.29, 1.82) is 0 Å². The Hall–Kier alpha value is -2.82. The Labute approximate surface area is 147 Å². The van der Waals surface area contributed by atoms with E-state index in [1.165, 1.54) is 0 Å². The van der Waals surface area contributed by atoms with E-state index in [1.807, 2.05) is 32.0 Å². The van der Waals surface area contributed by atoms with Gasteiger partial charge in [0, 0.05) is 0 Å². The minimum Gasteiger partial charge on any atom is -0.482 e. The second-order valence-electron chi connectivity index (χ2n) is 6.01. The summed E-state index contributed by atoms with van der Waals surface area (Å²) >= 11 is 0. The van der Waals surface area contributed by atoms with Gasteiger partial charge in [0.1, 0.15) is 11.5 Å². The molecule has 0 aliphatic carbocycles. The summed E-state index contributed by atoms with van der Waals surface area (Å²) in [5.41, 5.74) is 2.41. The highest BCUT2D eigenvalue weighted by molar-refractivity contribution is 5.89. The molecule has 5 heteroatoms. The van der Waals surface area contributed by atoms with E-state index in [9.17, 15) is 9.59 Å². The molecule has 0 fully saturated rings. The Kier molecular flexibility index (Phi) is 6.17. The van der Waals surface area contributed by atoms with E-state index in [1.54, 1.807) is 38.1 Å². The van der Waals surface area contributed by atoms with Crippen LogP contribution in [-0.4, -0.2) is 24.6 Å². The van der Waals surface area contributed by atoms with Gasteiger partial charge in [0.25, 0.3) is 0 Å². The molecule has 2 rings (SSSR count). The van der Waals surface area contributed by atoms with Crippen LogP contribution in [0.4, 0.5) is 0 Å². The largest absolute Gasteiger partial charge is 0.482 e. The molecule has 2 aromatic rings.